The number of benzene rings is 2. The molecule has 1 fully saturated rings. The van der Waals surface area contributed by atoms with E-state index in [-0.39, 0.29) is 15.1 Å². The Bertz CT molecular complexity index is 1650. The van der Waals surface area contributed by atoms with Crippen LogP contribution in [0.5, 0.6) is 0 Å². The molecule has 2 amide bonds. The van der Waals surface area contributed by atoms with Gasteiger partial charge in [-0.05, 0) is 25.0 Å². The van der Waals surface area contributed by atoms with Crippen molar-refractivity contribution in [3.63, 3.8) is 0 Å². The van der Waals surface area contributed by atoms with Crippen LogP contribution < -0.4 is 11.1 Å². The zero-order valence-corrected chi connectivity index (χ0v) is 25.1. The molecule has 1 aliphatic rings. The Balaban J connectivity index is 1.59. The Labute approximate surface area is 255 Å². The van der Waals surface area contributed by atoms with E-state index in [9.17, 15) is 32.1 Å². The maximum Gasteiger partial charge on any atom is 0.363 e. The van der Waals surface area contributed by atoms with Crippen molar-refractivity contribution in [2.24, 2.45) is 5.16 Å². The number of hydrogen-bond acceptors (Lipinski definition) is 13. The largest absolute Gasteiger partial charge is 0.467 e. The van der Waals surface area contributed by atoms with Crippen molar-refractivity contribution in [1.82, 2.24) is 14.6 Å². The van der Waals surface area contributed by atoms with Crippen molar-refractivity contribution in [3.05, 3.63) is 82.9 Å². The van der Waals surface area contributed by atoms with E-state index in [1.807, 2.05) is 12.1 Å². The number of methoxy groups -OCH3 is 1. The van der Waals surface area contributed by atoms with Gasteiger partial charge in [0.25, 0.3) is 11.8 Å². The Morgan fingerprint density at radius 3 is 2.14 bits per heavy atom. The molecule has 1 saturated heterocycles. The van der Waals surface area contributed by atoms with Gasteiger partial charge in [0.1, 0.15) is 11.7 Å². The minimum absolute atomic E-state index is 0.0393. The summed E-state index contributed by atoms with van der Waals surface area (Å²) in [7, 11) is -4.23. The van der Waals surface area contributed by atoms with Crippen LogP contribution in [0.1, 0.15) is 36.8 Å². The number of carbonyl (C=O) groups excluding carboxylic acids is 4. The molecule has 0 spiro atoms. The molecule has 232 valence electrons. The van der Waals surface area contributed by atoms with E-state index >= 15 is 0 Å². The van der Waals surface area contributed by atoms with Gasteiger partial charge in [0.15, 0.2) is 23.0 Å². The fraction of sp³-hybridized carbons (Fsp3) is 0.259. The smallest absolute Gasteiger partial charge is 0.363 e. The van der Waals surface area contributed by atoms with Gasteiger partial charge in [0, 0.05) is 5.38 Å². The number of amides is 2. The number of aromatic nitrogens is 1. The molecule has 1 aromatic heterocycles. The average Bonchev–Trinajstić information content (AvgIpc) is 3.42. The number of oxime groups is 1. The van der Waals surface area contributed by atoms with Crippen LogP contribution in [-0.2, 0) is 43.8 Å². The molecule has 0 unspecified atom stereocenters. The minimum atomic E-state index is -5.15. The van der Waals surface area contributed by atoms with Crippen molar-refractivity contribution >= 4 is 56.2 Å². The number of β-lactam (4-membered cyclic amide) rings is 1. The van der Waals surface area contributed by atoms with Gasteiger partial charge in [-0.1, -0.05) is 65.8 Å². The molecule has 15 nitrogen and oxygen atoms in total. The van der Waals surface area contributed by atoms with E-state index in [0.29, 0.717) is 11.1 Å². The molecular weight excluding hydrogens is 618 g/mol. The molecule has 1 aliphatic heterocycles. The van der Waals surface area contributed by atoms with Crippen LogP contribution in [-0.4, -0.2) is 76.5 Å². The third-order valence-corrected chi connectivity index (χ3v) is 7.87. The predicted octanol–water partition coefficient (Wildman–Crippen LogP) is 1.23. The van der Waals surface area contributed by atoms with Crippen LogP contribution >= 0.6 is 11.3 Å². The second-order valence-corrected chi connectivity index (χ2v) is 11.9. The summed E-state index contributed by atoms with van der Waals surface area (Å²) in [5.41, 5.74) is 4.62. The maximum atomic E-state index is 13.4. The molecule has 0 aliphatic carbocycles. The van der Waals surface area contributed by atoms with Gasteiger partial charge in [-0.2, -0.15) is 12.7 Å². The minimum Gasteiger partial charge on any atom is -0.467 e. The number of nitrogens with zero attached hydrogens (tertiary/aromatic N) is 3. The number of thiazole rings is 1. The molecule has 0 saturated carbocycles. The molecule has 4 rings (SSSR count). The van der Waals surface area contributed by atoms with Crippen LogP contribution in [0, 0.1) is 0 Å². The summed E-state index contributed by atoms with van der Waals surface area (Å²) >= 11 is 0.942. The molecule has 44 heavy (non-hydrogen) atoms. The van der Waals surface area contributed by atoms with Gasteiger partial charge < -0.3 is 25.4 Å². The van der Waals surface area contributed by atoms with E-state index < -0.39 is 63.6 Å². The molecule has 2 aromatic carbocycles. The van der Waals surface area contributed by atoms with Crippen LogP contribution in [0.2, 0.25) is 0 Å². The van der Waals surface area contributed by atoms with Gasteiger partial charge in [0.2, 0.25) is 5.60 Å². The zero-order chi connectivity index (χ0) is 32.2. The standard InChI is InChI=1S/C27H27N5O10S2/c1-27(2,25(36)41-21(15-10-6-4-7-11-15)16-12-8-5-9-13-16)42-31-18(17-14-43-26(28)29-17)22(33)30-19-20(24(35)40-3)32(23(19)34)44(37,38)39/h4-14,19-21H,1-3H3,(H2,28,29)(H,30,33)(H,37,38,39)/t19-,20-/m0/s1. The summed E-state index contributed by atoms with van der Waals surface area (Å²) in [6.45, 7) is 2.70. The molecule has 0 radical (unpaired) electrons. The highest BCUT2D eigenvalue weighted by atomic mass is 32.2. The van der Waals surface area contributed by atoms with E-state index in [1.54, 1.807) is 48.5 Å². The van der Waals surface area contributed by atoms with Crippen LogP contribution in [0.3, 0.4) is 0 Å². The Morgan fingerprint density at radius 1 is 1.09 bits per heavy atom. The predicted molar refractivity (Wildman–Crippen MR) is 155 cm³/mol. The number of hydrogen-bond donors (Lipinski definition) is 3. The molecule has 0 bridgehead atoms. The van der Waals surface area contributed by atoms with Crippen LogP contribution in [0.15, 0.2) is 71.2 Å². The number of rotatable bonds is 11. The summed E-state index contributed by atoms with van der Waals surface area (Å²) in [6, 6.07) is 14.3. The second-order valence-electron chi connectivity index (χ2n) is 9.75. The lowest BCUT2D eigenvalue weighted by Crippen LogP contribution is -2.74. The Kier molecular flexibility index (Phi) is 9.31. The summed E-state index contributed by atoms with van der Waals surface area (Å²) < 4.78 is 42.8. The third-order valence-electron chi connectivity index (χ3n) is 6.30. The maximum absolute atomic E-state index is 13.4. The Hall–Kier alpha value is -4.87. The first-order valence-corrected chi connectivity index (χ1v) is 15.0. The second kappa shape index (κ2) is 12.8. The number of ether oxygens (including phenoxy) is 2. The highest BCUT2D eigenvalue weighted by Crippen LogP contribution is 2.29. The zero-order valence-electron chi connectivity index (χ0n) is 23.4. The summed E-state index contributed by atoms with van der Waals surface area (Å²) in [5.74, 6) is -4.53. The van der Waals surface area contributed by atoms with Gasteiger partial charge in [-0.3, -0.25) is 14.1 Å². The normalized spacial score (nSPS) is 17.1. The van der Waals surface area contributed by atoms with E-state index in [2.05, 4.69) is 20.2 Å². The summed E-state index contributed by atoms with van der Waals surface area (Å²) in [5, 5.41) is 7.38. The fourth-order valence-corrected chi connectivity index (χ4v) is 5.44. The average molecular weight is 646 g/mol. The Morgan fingerprint density at radius 2 is 1.66 bits per heavy atom. The monoisotopic (exact) mass is 645 g/mol. The van der Waals surface area contributed by atoms with Crippen molar-refractivity contribution in [2.75, 3.05) is 12.8 Å². The fourth-order valence-electron chi connectivity index (χ4n) is 4.05. The lowest BCUT2D eigenvalue weighted by molar-refractivity contribution is -0.172. The van der Waals surface area contributed by atoms with Crippen LogP contribution in [0.25, 0.3) is 0 Å². The van der Waals surface area contributed by atoms with E-state index in [1.165, 1.54) is 19.2 Å². The van der Waals surface area contributed by atoms with Crippen molar-refractivity contribution in [1.29, 1.82) is 0 Å². The van der Waals surface area contributed by atoms with Gasteiger partial charge >= 0.3 is 22.2 Å². The number of carbonyl (C=O) groups is 4. The van der Waals surface area contributed by atoms with Crippen molar-refractivity contribution in [3.8, 4) is 0 Å². The van der Waals surface area contributed by atoms with Gasteiger partial charge in [-0.15, -0.1) is 11.3 Å². The summed E-state index contributed by atoms with van der Waals surface area (Å²) in [4.78, 5) is 60.8. The van der Waals surface area contributed by atoms with Gasteiger partial charge in [0.05, 0.1) is 7.11 Å². The SMILES string of the molecule is COC(=O)[C@@H]1[C@H](NC(=O)C(=NOC(C)(C)C(=O)OC(c2ccccc2)c2ccccc2)c2csc(N)n2)C(=O)N1S(=O)(=O)O. The number of nitrogens with one attached hydrogen (secondary N) is 1. The number of esters is 2. The lowest BCUT2D eigenvalue weighted by Gasteiger charge is -2.41. The molecule has 3 aromatic rings. The van der Waals surface area contributed by atoms with E-state index in [0.717, 1.165) is 18.4 Å². The quantitative estimate of drug-likeness (QED) is 0.0882. The highest BCUT2D eigenvalue weighted by molar-refractivity contribution is 7.84. The lowest BCUT2D eigenvalue weighted by atomic mass is 9.98. The van der Waals surface area contributed by atoms with Crippen molar-refractivity contribution in [2.45, 2.75) is 37.6 Å². The number of nitrogens with two attached hydrogens (primary N) is 1. The van der Waals surface area contributed by atoms with Crippen molar-refractivity contribution < 1.29 is 46.5 Å². The topological polar surface area (TPSA) is 217 Å². The summed E-state index contributed by atoms with van der Waals surface area (Å²) in [6.07, 6.45) is -0.802. The van der Waals surface area contributed by atoms with Gasteiger partial charge in [-0.25, -0.2) is 14.6 Å². The van der Waals surface area contributed by atoms with E-state index in [4.69, 9.17) is 15.3 Å². The number of nitrogen functional groups attached to an aromatic ring is 1. The molecule has 2 heterocycles. The third kappa shape index (κ3) is 6.85. The first-order valence-electron chi connectivity index (χ1n) is 12.7. The first kappa shape index (κ1) is 32.1. The first-order chi connectivity index (χ1) is 20.7. The molecule has 4 N–H and O–H groups in total. The molecule has 17 heteroatoms. The van der Waals surface area contributed by atoms with Crippen LogP contribution in [0.4, 0.5) is 5.13 Å². The number of anilines is 1. The highest BCUT2D eigenvalue weighted by Gasteiger charge is 2.58. The molecular formula is C27H27N5O10S2. The molecule has 2 atom stereocenters.